The van der Waals surface area contributed by atoms with Gasteiger partial charge in [-0.15, -0.1) is 0 Å². The average molecular weight is 245 g/mol. The smallest absolute Gasteiger partial charge is 0.224 e. The van der Waals surface area contributed by atoms with Gasteiger partial charge in [0.1, 0.15) is 6.61 Å². The topological polar surface area (TPSA) is 49.3 Å². The van der Waals surface area contributed by atoms with E-state index in [1.807, 2.05) is 39.0 Å². The first-order valence-electron chi connectivity index (χ1n) is 6.02. The maximum absolute atomic E-state index is 11.7. The third-order valence-corrected chi connectivity index (χ3v) is 2.27. The summed E-state index contributed by atoms with van der Waals surface area (Å²) in [6, 6.07) is 5.64. The van der Waals surface area contributed by atoms with Gasteiger partial charge >= 0.3 is 0 Å². The highest BCUT2D eigenvalue weighted by Gasteiger charge is 2.05. The van der Waals surface area contributed by atoms with Crippen LogP contribution in [0.15, 0.2) is 18.2 Å². The molecule has 0 aliphatic heterocycles. The quantitative estimate of drug-likeness (QED) is 0.803. The number of hydrogen-bond donors (Lipinski definition) is 2. The zero-order valence-electron chi connectivity index (χ0n) is 11.1. The van der Waals surface area contributed by atoms with Crippen LogP contribution in [-0.4, -0.2) is 17.6 Å². The first-order valence-corrected chi connectivity index (χ1v) is 6.02. The Balaban J connectivity index is 2.83. The van der Waals surface area contributed by atoms with Gasteiger partial charge in [0.15, 0.2) is 0 Å². The van der Waals surface area contributed by atoms with Crippen LogP contribution in [0.2, 0.25) is 0 Å². The molecule has 0 bridgehead atoms. The summed E-state index contributed by atoms with van der Waals surface area (Å²) in [7, 11) is 0. The van der Waals surface area contributed by atoms with Gasteiger partial charge in [0.05, 0.1) is 0 Å². The largest absolute Gasteiger partial charge is 0.384 e. The molecule has 0 saturated heterocycles. The number of amides is 1. The van der Waals surface area contributed by atoms with Crippen LogP contribution in [0, 0.1) is 24.7 Å². The molecule has 1 amide bonds. The second kappa shape index (κ2) is 6.83. The maximum Gasteiger partial charge on any atom is 0.224 e. The van der Waals surface area contributed by atoms with Crippen molar-refractivity contribution in [3.05, 3.63) is 29.3 Å². The summed E-state index contributed by atoms with van der Waals surface area (Å²) in [5.41, 5.74) is 2.58. The van der Waals surface area contributed by atoms with E-state index in [0.717, 1.165) is 16.8 Å². The predicted molar refractivity (Wildman–Crippen MR) is 73.2 cm³/mol. The third-order valence-electron chi connectivity index (χ3n) is 2.27. The number of aliphatic hydroxyl groups is 1. The lowest BCUT2D eigenvalue weighted by molar-refractivity contribution is -0.116. The second-order valence-electron chi connectivity index (χ2n) is 4.69. The Labute approximate surface area is 108 Å². The predicted octanol–water partition coefficient (Wildman–Crippen LogP) is 2.32. The molecule has 0 fully saturated rings. The molecule has 0 atom stereocenters. The Morgan fingerprint density at radius 1 is 1.39 bits per heavy atom. The zero-order valence-corrected chi connectivity index (χ0v) is 11.1. The molecule has 0 radical (unpaired) electrons. The molecule has 1 rings (SSSR count). The van der Waals surface area contributed by atoms with Gasteiger partial charge in [0.25, 0.3) is 0 Å². The molecule has 1 aromatic carbocycles. The molecule has 0 unspecified atom stereocenters. The third kappa shape index (κ3) is 5.03. The van der Waals surface area contributed by atoms with Crippen molar-refractivity contribution in [1.82, 2.24) is 0 Å². The molecular weight excluding hydrogens is 226 g/mol. The van der Waals surface area contributed by atoms with Crippen LogP contribution in [0.3, 0.4) is 0 Å². The number of anilines is 1. The van der Waals surface area contributed by atoms with Crippen LogP contribution < -0.4 is 5.32 Å². The van der Waals surface area contributed by atoms with Crippen LogP contribution in [0.1, 0.15) is 31.4 Å². The van der Waals surface area contributed by atoms with E-state index in [2.05, 4.69) is 17.2 Å². The number of hydrogen-bond acceptors (Lipinski definition) is 2. The Kier molecular flexibility index (Phi) is 5.41. The van der Waals surface area contributed by atoms with E-state index in [1.54, 1.807) is 0 Å². The van der Waals surface area contributed by atoms with E-state index in [0.29, 0.717) is 12.3 Å². The van der Waals surface area contributed by atoms with E-state index in [1.165, 1.54) is 0 Å². The molecular formula is C15H19NO2. The van der Waals surface area contributed by atoms with Gasteiger partial charge in [-0.2, -0.15) is 0 Å². The molecule has 2 N–H and O–H groups in total. The van der Waals surface area contributed by atoms with Crippen LogP contribution in [0.5, 0.6) is 0 Å². The molecule has 0 heterocycles. The van der Waals surface area contributed by atoms with Gasteiger partial charge in [-0.05, 0) is 36.6 Å². The summed E-state index contributed by atoms with van der Waals surface area (Å²) in [6.45, 7) is 5.80. The molecule has 96 valence electrons. The van der Waals surface area contributed by atoms with Crippen molar-refractivity contribution in [2.45, 2.75) is 27.2 Å². The molecule has 0 aliphatic carbocycles. The monoisotopic (exact) mass is 245 g/mol. The summed E-state index contributed by atoms with van der Waals surface area (Å²) >= 11 is 0. The van der Waals surface area contributed by atoms with Crippen molar-refractivity contribution in [3.8, 4) is 11.8 Å². The van der Waals surface area contributed by atoms with E-state index in [-0.39, 0.29) is 12.5 Å². The van der Waals surface area contributed by atoms with E-state index in [9.17, 15) is 4.79 Å². The number of benzene rings is 1. The molecule has 0 aliphatic rings. The fourth-order valence-corrected chi connectivity index (χ4v) is 1.65. The van der Waals surface area contributed by atoms with Gasteiger partial charge < -0.3 is 10.4 Å². The number of aryl methyl sites for hydroxylation is 1. The zero-order chi connectivity index (χ0) is 13.5. The highest BCUT2D eigenvalue weighted by Crippen LogP contribution is 2.15. The van der Waals surface area contributed by atoms with E-state index >= 15 is 0 Å². The Hall–Kier alpha value is -1.79. The lowest BCUT2D eigenvalue weighted by Gasteiger charge is -2.08. The lowest BCUT2D eigenvalue weighted by Crippen LogP contribution is -2.14. The Morgan fingerprint density at radius 3 is 2.72 bits per heavy atom. The Morgan fingerprint density at radius 2 is 2.11 bits per heavy atom. The van der Waals surface area contributed by atoms with Crippen molar-refractivity contribution in [2.24, 2.45) is 5.92 Å². The summed E-state index contributed by atoms with van der Waals surface area (Å²) in [5.74, 6) is 5.78. The van der Waals surface area contributed by atoms with E-state index in [4.69, 9.17) is 5.11 Å². The van der Waals surface area contributed by atoms with Crippen LogP contribution in [0.4, 0.5) is 5.69 Å². The number of carbonyl (C=O) groups is 1. The minimum Gasteiger partial charge on any atom is -0.384 e. The number of rotatable bonds is 3. The average Bonchev–Trinajstić information content (AvgIpc) is 2.24. The second-order valence-corrected chi connectivity index (χ2v) is 4.69. The molecule has 0 aromatic heterocycles. The number of nitrogens with one attached hydrogen (secondary N) is 1. The van der Waals surface area contributed by atoms with Crippen molar-refractivity contribution >= 4 is 11.6 Å². The fourth-order valence-electron chi connectivity index (χ4n) is 1.65. The van der Waals surface area contributed by atoms with E-state index < -0.39 is 0 Å². The summed E-state index contributed by atoms with van der Waals surface area (Å²) in [6.07, 6.45) is 0.506. The summed E-state index contributed by atoms with van der Waals surface area (Å²) < 4.78 is 0. The highest BCUT2D eigenvalue weighted by molar-refractivity contribution is 5.91. The minimum absolute atomic E-state index is 0.0108. The van der Waals surface area contributed by atoms with Crippen molar-refractivity contribution in [3.63, 3.8) is 0 Å². The lowest BCUT2D eigenvalue weighted by atomic mass is 10.1. The van der Waals surface area contributed by atoms with Crippen LogP contribution in [0.25, 0.3) is 0 Å². The van der Waals surface area contributed by atoms with Crippen molar-refractivity contribution < 1.29 is 9.90 Å². The normalized spacial score (nSPS) is 9.83. The van der Waals surface area contributed by atoms with Crippen molar-refractivity contribution in [2.75, 3.05) is 11.9 Å². The summed E-state index contributed by atoms with van der Waals surface area (Å²) in [4.78, 5) is 11.7. The van der Waals surface area contributed by atoms with Gasteiger partial charge in [0.2, 0.25) is 5.91 Å². The number of aliphatic hydroxyl groups excluding tert-OH is 1. The maximum atomic E-state index is 11.7. The van der Waals surface area contributed by atoms with Gasteiger partial charge in [0, 0.05) is 17.7 Å². The van der Waals surface area contributed by atoms with Gasteiger partial charge in [-0.3, -0.25) is 4.79 Å². The van der Waals surface area contributed by atoms with Gasteiger partial charge in [-0.1, -0.05) is 25.7 Å². The highest BCUT2D eigenvalue weighted by atomic mass is 16.2. The molecule has 0 saturated carbocycles. The molecule has 18 heavy (non-hydrogen) atoms. The minimum atomic E-state index is -0.164. The van der Waals surface area contributed by atoms with Crippen LogP contribution in [-0.2, 0) is 4.79 Å². The van der Waals surface area contributed by atoms with Crippen molar-refractivity contribution in [1.29, 1.82) is 0 Å². The van der Waals surface area contributed by atoms with Crippen LogP contribution >= 0.6 is 0 Å². The fraction of sp³-hybridized carbons (Fsp3) is 0.400. The number of carbonyl (C=O) groups excluding carboxylic acids is 1. The molecule has 1 aromatic rings. The van der Waals surface area contributed by atoms with Gasteiger partial charge in [-0.25, -0.2) is 0 Å². The SMILES string of the molecule is Cc1cc(C#CCO)cc(NC(=O)CC(C)C)c1. The standard InChI is InChI=1S/C15H19NO2/c1-11(2)7-15(18)16-14-9-12(3)8-13(10-14)5-4-6-17/h8-11,17H,6-7H2,1-3H3,(H,16,18). The molecule has 3 nitrogen and oxygen atoms in total. The molecule has 0 spiro atoms. The first kappa shape index (κ1) is 14.3. The first-order chi connectivity index (χ1) is 8.51. The molecule has 3 heteroatoms. The Bertz CT molecular complexity index is 481. The summed E-state index contributed by atoms with van der Waals surface area (Å²) in [5, 5.41) is 11.5.